The standard InChI is InChI=1S/C8H17N2O/c1-10-3-2-7(4-10)8(11,5-9)6-10/h7,11H,2-6,9H2,1H3/q+1/t7-,8-,10-/m0/s1. The van der Waals surface area contributed by atoms with Crippen molar-refractivity contribution in [1.29, 1.82) is 0 Å². The number of rotatable bonds is 1. The maximum absolute atomic E-state index is 10.0. The van der Waals surface area contributed by atoms with Crippen LogP contribution in [0.1, 0.15) is 6.42 Å². The molecule has 2 aliphatic heterocycles. The third-order valence-corrected chi connectivity index (χ3v) is 3.45. The van der Waals surface area contributed by atoms with Crippen LogP contribution in [-0.4, -0.2) is 48.4 Å². The normalized spacial score (nSPS) is 55.4. The van der Waals surface area contributed by atoms with E-state index in [2.05, 4.69) is 7.05 Å². The number of hydrogen-bond acceptors (Lipinski definition) is 2. The number of aliphatic hydroxyl groups is 1. The maximum atomic E-state index is 10.0. The van der Waals surface area contributed by atoms with Gasteiger partial charge in [-0.2, -0.15) is 0 Å². The van der Waals surface area contributed by atoms with Crippen molar-refractivity contribution < 1.29 is 9.59 Å². The number of nitrogens with two attached hydrogens (primary N) is 1. The molecule has 3 N–H and O–H groups in total. The third kappa shape index (κ3) is 0.916. The van der Waals surface area contributed by atoms with Crippen molar-refractivity contribution in [1.82, 2.24) is 0 Å². The Balaban J connectivity index is 2.21. The van der Waals surface area contributed by atoms with E-state index in [-0.39, 0.29) is 0 Å². The zero-order valence-electron chi connectivity index (χ0n) is 7.08. The van der Waals surface area contributed by atoms with Crippen LogP contribution < -0.4 is 5.73 Å². The molecule has 2 heterocycles. The molecule has 0 aromatic heterocycles. The average molecular weight is 157 g/mol. The van der Waals surface area contributed by atoms with Crippen LogP contribution in [0, 0.1) is 5.92 Å². The lowest BCUT2D eigenvalue weighted by Gasteiger charge is -2.33. The molecule has 2 aliphatic rings. The Morgan fingerprint density at radius 3 is 2.73 bits per heavy atom. The molecule has 64 valence electrons. The van der Waals surface area contributed by atoms with E-state index < -0.39 is 5.60 Å². The lowest BCUT2D eigenvalue weighted by atomic mass is 9.88. The van der Waals surface area contributed by atoms with Gasteiger partial charge >= 0.3 is 0 Å². The lowest BCUT2D eigenvalue weighted by Crippen LogP contribution is -2.53. The van der Waals surface area contributed by atoms with Gasteiger partial charge in [-0.25, -0.2) is 0 Å². The molecule has 0 amide bonds. The monoisotopic (exact) mass is 157 g/mol. The molecule has 0 aromatic rings. The smallest absolute Gasteiger partial charge is 0.134 e. The van der Waals surface area contributed by atoms with E-state index >= 15 is 0 Å². The summed E-state index contributed by atoms with van der Waals surface area (Å²) in [6.45, 7) is 3.67. The summed E-state index contributed by atoms with van der Waals surface area (Å²) in [6.07, 6.45) is 1.16. The number of piperidine rings is 1. The first-order valence-corrected chi connectivity index (χ1v) is 4.34. The number of quaternary nitrogens is 1. The topological polar surface area (TPSA) is 46.2 Å². The van der Waals surface area contributed by atoms with Crippen LogP contribution in [0.4, 0.5) is 0 Å². The van der Waals surface area contributed by atoms with E-state index in [1.54, 1.807) is 0 Å². The number of hydrogen-bond donors (Lipinski definition) is 2. The van der Waals surface area contributed by atoms with Crippen molar-refractivity contribution >= 4 is 0 Å². The van der Waals surface area contributed by atoms with Gasteiger partial charge in [-0.3, -0.25) is 0 Å². The van der Waals surface area contributed by atoms with Crippen molar-refractivity contribution in [3.63, 3.8) is 0 Å². The van der Waals surface area contributed by atoms with Crippen molar-refractivity contribution in [3.05, 3.63) is 0 Å². The largest absolute Gasteiger partial charge is 0.382 e. The molecule has 0 radical (unpaired) electrons. The van der Waals surface area contributed by atoms with Crippen LogP contribution in [0.5, 0.6) is 0 Å². The minimum absolute atomic E-state index is 0.436. The van der Waals surface area contributed by atoms with Gasteiger partial charge in [0.05, 0.1) is 20.1 Å². The lowest BCUT2D eigenvalue weighted by molar-refractivity contribution is -0.893. The van der Waals surface area contributed by atoms with Gasteiger partial charge in [0.25, 0.3) is 0 Å². The average Bonchev–Trinajstić information content (AvgIpc) is 2.41. The second-order valence-electron chi connectivity index (χ2n) is 4.48. The molecular formula is C8H17N2O+. The van der Waals surface area contributed by atoms with Crippen LogP contribution >= 0.6 is 0 Å². The summed E-state index contributed by atoms with van der Waals surface area (Å²) < 4.78 is 1.04. The molecule has 0 unspecified atom stereocenters. The van der Waals surface area contributed by atoms with E-state index in [4.69, 9.17) is 5.73 Å². The van der Waals surface area contributed by atoms with Crippen LogP contribution in [0.15, 0.2) is 0 Å². The van der Waals surface area contributed by atoms with Crippen LogP contribution in [0.25, 0.3) is 0 Å². The number of fused-ring (bicyclic) bond motifs is 2. The van der Waals surface area contributed by atoms with Gasteiger partial charge < -0.3 is 15.3 Å². The Morgan fingerprint density at radius 2 is 2.45 bits per heavy atom. The molecule has 0 aliphatic carbocycles. The minimum atomic E-state index is -0.535. The highest BCUT2D eigenvalue weighted by atomic mass is 16.3. The summed E-state index contributed by atoms with van der Waals surface area (Å²) >= 11 is 0. The summed E-state index contributed by atoms with van der Waals surface area (Å²) in [5, 5.41) is 10.0. The summed E-state index contributed by atoms with van der Waals surface area (Å²) in [5.74, 6) is 0.470. The van der Waals surface area contributed by atoms with Crippen molar-refractivity contribution in [2.75, 3.05) is 33.2 Å². The van der Waals surface area contributed by atoms with Gasteiger partial charge in [0.15, 0.2) is 0 Å². The summed E-state index contributed by atoms with van der Waals surface area (Å²) in [6, 6.07) is 0. The third-order valence-electron chi connectivity index (χ3n) is 3.45. The molecule has 0 saturated carbocycles. The second kappa shape index (κ2) is 1.97. The number of likely N-dealkylation sites (N-methyl/N-ethyl adjacent to an activating group) is 1. The zero-order chi connectivity index (χ0) is 8.11. The van der Waals surface area contributed by atoms with Crippen LogP contribution in [0.2, 0.25) is 0 Å². The Labute approximate surface area is 67.4 Å². The molecule has 3 heteroatoms. The maximum Gasteiger partial charge on any atom is 0.134 e. The quantitative estimate of drug-likeness (QED) is 0.487. The highest BCUT2D eigenvalue weighted by Crippen LogP contribution is 2.40. The Kier molecular flexibility index (Phi) is 1.35. The molecular weight excluding hydrogens is 140 g/mol. The fourth-order valence-electron chi connectivity index (χ4n) is 2.79. The Morgan fingerprint density at radius 1 is 1.73 bits per heavy atom. The van der Waals surface area contributed by atoms with Crippen LogP contribution in [0.3, 0.4) is 0 Å². The van der Waals surface area contributed by atoms with Crippen LogP contribution in [-0.2, 0) is 0 Å². The second-order valence-corrected chi connectivity index (χ2v) is 4.48. The van der Waals surface area contributed by atoms with Crippen molar-refractivity contribution in [2.45, 2.75) is 12.0 Å². The first kappa shape index (κ1) is 7.53. The molecule has 0 spiro atoms. The summed E-state index contributed by atoms with van der Waals surface area (Å²) in [5.41, 5.74) is 5.02. The van der Waals surface area contributed by atoms with Gasteiger partial charge in [0.2, 0.25) is 0 Å². The SMILES string of the molecule is C[N@+]12CC[C@@H](C1)[C@](O)(CN)C2. The summed E-state index contributed by atoms with van der Waals surface area (Å²) in [7, 11) is 2.22. The van der Waals surface area contributed by atoms with Crippen molar-refractivity contribution in [3.8, 4) is 0 Å². The molecule has 3 atom stereocenters. The fourth-order valence-corrected chi connectivity index (χ4v) is 2.79. The van der Waals surface area contributed by atoms with E-state index in [0.29, 0.717) is 12.5 Å². The van der Waals surface area contributed by atoms with E-state index in [0.717, 1.165) is 24.0 Å². The van der Waals surface area contributed by atoms with E-state index in [1.165, 1.54) is 6.54 Å². The first-order chi connectivity index (χ1) is 5.08. The highest BCUT2D eigenvalue weighted by Gasteiger charge is 2.56. The predicted molar refractivity (Wildman–Crippen MR) is 42.9 cm³/mol. The van der Waals surface area contributed by atoms with Gasteiger partial charge in [-0.15, -0.1) is 0 Å². The number of nitrogens with zero attached hydrogens (tertiary/aromatic N) is 1. The Bertz CT molecular complexity index is 185. The van der Waals surface area contributed by atoms with E-state index in [1.807, 2.05) is 0 Å². The minimum Gasteiger partial charge on any atom is -0.382 e. The predicted octanol–water partition coefficient (Wildman–Crippen LogP) is -0.844. The fraction of sp³-hybridized carbons (Fsp3) is 1.00. The highest BCUT2D eigenvalue weighted by molar-refractivity contribution is 4.95. The molecule has 3 nitrogen and oxygen atoms in total. The molecule has 2 fully saturated rings. The van der Waals surface area contributed by atoms with E-state index in [9.17, 15) is 5.11 Å². The van der Waals surface area contributed by atoms with Gasteiger partial charge in [-0.1, -0.05) is 0 Å². The Hall–Kier alpha value is -0.120. The molecule has 2 bridgehead atoms. The first-order valence-electron chi connectivity index (χ1n) is 4.34. The zero-order valence-corrected chi connectivity index (χ0v) is 7.08. The summed E-state index contributed by atoms with van der Waals surface area (Å²) in [4.78, 5) is 0. The van der Waals surface area contributed by atoms with Gasteiger partial charge in [-0.05, 0) is 0 Å². The molecule has 11 heavy (non-hydrogen) atoms. The van der Waals surface area contributed by atoms with Gasteiger partial charge in [0, 0.05) is 18.9 Å². The molecule has 2 saturated heterocycles. The van der Waals surface area contributed by atoms with Gasteiger partial charge in [0.1, 0.15) is 12.1 Å². The molecule has 2 rings (SSSR count). The molecule has 0 aromatic carbocycles. The van der Waals surface area contributed by atoms with Crippen molar-refractivity contribution in [2.24, 2.45) is 11.7 Å².